The van der Waals surface area contributed by atoms with E-state index in [9.17, 15) is 4.79 Å². The summed E-state index contributed by atoms with van der Waals surface area (Å²) >= 11 is 6.32. The van der Waals surface area contributed by atoms with Crippen molar-refractivity contribution in [2.24, 2.45) is 4.99 Å². The molecule has 1 aliphatic rings. The summed E-state index contributed by atoms with van der Waals surface area (Å²) in [5.74, 6) is -0.0184. The number of halogens is 1. The average Bonchev–Trinajstić information content (AvgIpc) is 2.80. The fourth-order valence-electron chi connectivity index (χ4n) is 3.46. The summed E-state index contributed by atoms with van der Waals surface area (Å²) in [6.45, 7) is 4.40. The van der Waals surface area contributed by atoms with E-state index in [-0.39, 0.29) is 5.91 Å². The summed E-state index contributed by atoms with van der Waals surface area (Å²) in [6.07, 6.45) is 0. The van der Waals surface area contributed by atoms with Crippen molar-refractivity contribution in [1.29, 1.82) is 0 Å². The van der Waals surface area contributed by atoms with E-state index in [0.29, 0.717) is 11.6 Å². The topological polar surface area (TPSA) is 32.7 Å². The predicted octanol–water partition coefficient (Wildman–Crippen LogP) is 5.42. The molecule has 28 heavy (non-hydrogen) atoms. The van der Waals surface area contributed by atoms with Crippen LogP contribution in [0.4, 0.5) is 5.69 Å². The number of benzodiazepines with no additional fused rings is 1. The van der Waals surface area contributed by atoms with Crippen LogP contribution in [0.2, 0.25) is 5.02 Å². The van der Waals surface area contributed by atoms with E-state index in [4.69, 9.17) is 16.6 Å². The Bertz CT molecular complexity index is 1040. The van der Waals surface area contributed by atoms with E-state index in [0.717, 1.165) is 28.1 Å². The van der Waals surface area contributed by atoms with Gasteiger partial charge in [-0.25, -0.2) is 0 Å². The molecule has 4 rings (SSSR count). The highest BCUT2D eigenvalue weighted by Crippen LogP contribution is 2.32. The Balaban J connectivity index is 1.85. The summed E-state index contributed by atoms with van der Waals surface area (Å²) in [6, 6.07) is 23.4. The Kier molecular flexibility index (Phi) is 5.01. The highest BCUT2D eigenvalue weighted by molar-refractivity contribution is 6.32. The molecular weight excluding hydrogens is 368 g/mol. The minimum Gasteiger partial charge on any atom is -0.305 e. The largest absolute Gasteiger partial charge is 0.305 e. The minimum atomic E-state index is -0.480. The van der Waals surface area contributed by atoms with Crippen molar-refractivity contribution in [2.45, 2.75) is 26.4 Å². The molecule has 0 aromatic heterocycles. The lowest BCUT2D eigenvalue weighted by atomic mass is 10.00. The average molecular weight is 389 g/mol. The third-order valence-electron chi connectivity index (χ3n) is 4.96. The highest BCUT2D eigenvalue weighted by atomic mass is 35.5. The summed E-state index contributed by atoms with van der Waals surface area (Å²) in [5, 5.41) is 0.625. The van der Waals surface area contributed by atoms with Crippen LogP contribution in [-0.2, 0) is 11.3 Å². The van der Waals surface area contributed by atoms with E-state index in [1.807, 2.05) is 60.4 Å². The van der Waals surface area contributed by atoms with Crippen molar-refractivity contribution < 1.29 is 4.79 Å². The molecule has 3 aromatic carbocycles. The molecule has 0 saturated carbocycles. The maximum Gasteiger partial charge on any atom is 0.251 e. The van der Waals surface area contributed by atoms with Gasteiger partial charge in [-0.1, -0.05) is 71.8 Å². The van der Waals surface area contributed by atoms with Crippen LogP contribution in [0.1, 0.15) is 29.2 Å². The van der Waals surface area contributed by atoms with Gasteiger partial charge in [-0.05, 0) is 37.6 Å². The molecule has 0 bridgehead atoms. The molecule has 0 radical (unpaired) electrons. The minimum absolute atomic E-state index is 0.0184. The molecule has 3 nitrogen and oxygen atoms in total. The Hall–Kier alpha value is -2.91. The normalized spacial score (nSPS) is 16.4. The Labute approximate surface area is 170 Å². The van der Waals surface area contributed by atoms with Gasteiger partial charge in [0.05, 0.1) is 17.9 Å². The zero-order valence-corrected chi connectivity index (χ0v) is 16.6. The number of aryl methyl sites for hydroxylation is 1. The molecule has 1 atom stereocenters. The Morgan fingerprint density at radius 1 is 1.00 bits per heavy atom. The summed E-state index contributed by atoms with van der Waals surface area (Å²) < 4.78 is 0. The maximum atomic E-state index is 13.2. The number of benzene rings is 3. The molecule has 1 heterocycles. The van der Waals surface area contributed by atoms with Gasteiger partial charge in [0.25, 0.3) is 5.91 Å². The molecule has 1 amide bonds. The van der Waals surface area contributed by atoms with Crippen molar-refractivity contribution in [2.75, 3.05) is 4.90 Å². The van der Waals surface area contributed by atoms with E-state index < -0.39 is 6.04 Å². The second-order valence-corrected chi connectivity index (χ2v) is 7.53. The second kappa shape index (κ2) is 7.61. The molecule has 1 unspecified atom stereocenters. The standard InChI is InChI=1S/C24H21ClN2O/c1-16-8-10-18(11-9-16)15-27-22-13-12-20(25)14-21(22)23(26-17(2)24(27)28)19-6-4-3-5-7-19/h3-14,17H,15H2,1-2H3. The van der Waals surface area contributed by atoms with Gasteiger partial charge in [0.2, 0.25) is 0 Å². The summed E-state index contributed by atoms with van der Waals surface area (Å²) in [7, 11) is 0. The molecule has 3 aromatic rings. The number of amides is 1. The van der Waals surface area contributed by atoms with E-state index in [1.165, 1.54) is 5.56 Å². The molecular formula is C24H21ClN2O. The van der Waals surface area contributed by atoms with E-state index in [2.05, 4.69) is 31.2 Å². The molecule has 0 spiro atoms. The number of anilines is 1. The smallest absolute Gasteiger partial charge is 0.251 e. The van der Waals surface area contributed by atoms with Crippen LogP contribution in [0.25, 0.3) is 0 Å². The molecule has 0 saturated heterocycles. The van der Waals surface area contributed by atoms with Crippen molar-refractivity contribution >= 4 is 28.9 Å². The predicted molar refractivity (Wildman–Crippen MR) is 115 cm³/mol. The van der Waals surface area contributed by atoms with Gasteiger partial charge in [0, 0.05) is 16.1 Å². The molecule has 0 aliphatic carbocycles. The lowest BCUT2D eigenvalue weighted by Crippen LogP contribution is -2.36. The molecule has 140 valence electrons. The Morgan fingerprint density at radius 2 is 1.71 bits per heavy atom. The van der Waals surface area contributed by atoms with Crippen LogP contribution >= 0.6 is 11.6 Å². The van der Waals surface area contributed by atoms with Crippen LogP contribution in [-0.4, -0.2) is 17.7 Å². The van der Waals surface area contributed by atoms with Gasteiger partial charge in [0.1, 0.15) is 6.04 Å². The van der Waals surface area contributed by atoms with Gasteiger partial charge in [-0.2, -0.15) is 0 Å². The van der Waals surface area contributed by atoms with Gasteiger partial charge in [-0.3, -0.25) is 9.79 Å². The number of rotatable bonds is 3. The quantitative estimate of drug-likeness (QED) is 0.589. The number of hydrogen-bond donors (Lipinski definition) is 0. The molecule has 4 heteroatoms. The zero-order valence-electron chi connectivity index (χ0n) is 15.9. The van der Waals surface area contributed by atoms with Crippen molar-refractivity contribution in [3.63, 3.8) is 0 Å². The number of nitrogens with zero attached hydrogens (tertiary/aromatic N) is 2. The molecule has 0 fully saturated rings. The van der Waals surface area contributed by atoms with Gasteiger partial charge in [-0.15, -0.1) is 0 Å². The SMILES string of the molecule is Cc1ccc(CN2C(=O)C(C)N=C(c3ccccc3)c3cc(Cl)ccc32)cc1. The molecule has 1 aliphatic heterocycles. The lowest BCUT2D eigenvalue weighted by Gasteiger charge is -2.25. The summed E-state index contributed by atoms with van der Waals surface area (Å²) in [5.41, 5.74) is 5.76. The van der Waals surface area contributed by atoms with Gasteiger partial charge in [0.15, 0.2) is 0 Å². The fraction of sp³-hybridized carbons (Fsp3) is 0.167. The first-order valence-corrected chi connectivity index (χ1v) is 9.71. The zero-order chi connectivity index (χ0) is 19.7. The van der Waals surface area contributed by atoms with Crippen LogP contribution in [0.3, 0.4) is 0 Å². The van der Waals surface area contributed by atoms with Crippen LogP contribution in [0, 0.1) is 6.92 Å². The fourth-order valence-corrected chi connectivity index (χ4v) is 3.63. The third kappa shape index (κ3) is 3.58. The second-order valence-electron chi connectivity index (χ2n) is 7.09. The van der Waals surface area contributed by atoms with Gasteiger partial charge >= 0.3 is 0 Å². The number of carbonyl (C=O) groups is 1. The monoisotopic (exact) mass is 388 g/mol. The number of aliphatic imine (C=N–C) groups is 1. The molecule has 0 N–H and O–H groups in total. The van der Waals surface area contributed by atoms with E-state index in [1.54, 1.807) is 0 Å². The van der Waals surface area contributed by atoms with E-state index >= 15 is 0 Å². The van der Waals surface area contributed by atoms with Crippen molar-refractivity contribution in [3.8, 4) is 0 Å². The number of fused-ring (bicyclic) bond motifs is 1. The lowest BCUT2D eigenvalue weighted by molar-refractivity contribution is -0.119. The highest BCUT2D eigenvalue weighted by Gasteiger charge is 2.29. The van der Waals surface area contributed by atoms with Crippen LogP contribution in [0.5, 0.6) is 0 Å². The van der Waals surface area contributed by atoms with Crippen LogP contribution in [0.15, 0.2) is 77.8 Å². The first kappa shape index (κ1) is 18.5. The van der Waals surface area contributed by atoms with Crippen LogP contribution < -0.4 is 4.90 Å². The van der Waals surface area contributed by atoms with Crippen molar-refractivity contribution in [1.82, 2.24) is 0 Å². The first-order chi connectivity index (χ1) is 13.5. The maximum absolute atomic E-state index is 13.2. The third-order valence-corrected chi connectivity index (χ3v) is 5.19. The number of hydrogen-bond acceptors (Lipinski definition) is 2. The number of carbonyl (C=O) groups excluding carboxylic acids is 1. The van der Waals surface area contributed by atoms with Crippen molar-refractivity contribution in [3.05, 3.63) is 100 Å². The Morgan fingerprint density at radius 3 is 2.43 bits per heavy atom. The first-order valence-electron chi connectivity index (χ1n) is 9.33. The summed E-state index contributed by atoms with van der Waals surface area (Å²) in [4.78, 5) is 19.8. The van der Waals surface area contributed by atoms with Gasteiger partial charge < -0.3 is 4.90 Å².